The van der Waals surface area contributed by atoms with Crippen LogP contribution in [0.2, 0.25) is 0 Å². The van der Waals surface area contributed by atoms with Crippen molar-refractivity contribution in [3.05, 3.63) is 94.8 Å². The highest BCUT2D eigenvalue weighted by molar-refractivity contribution is 6.05. The molecule has 2 amide bonds. The van der Waals surface area contributed by atoms with Gasteiger partial charge in [-0.05, 0) is 54.1 Å². The van der Waals surface area contributed by atoms with Crippen molar-refractivity contribution in [1.29, 1.82) is 0 Å². The number of anilines is 2. The number of alkyl halides is 3. The highest BCUT2D eigenvalue weighted by Gasteiger charge is 2.43. The standard InChI is InChI=1S/C28H22F3N3O4/c29-28(30,31)27(37)34-14-12-33(13-15-34)22-10-8-21(9-11-22)32-25(35)20-6-3-5-18(16-20)23-17-19-4-1-2-7-24(19)38-26(23)36/h1-11,16-17H,12-15H2,(H,32,35). The van der Waals surface area contributed by atoms with E-state index < -0.39 is 17.7 Å². The first kappa shape index (κ1) is 25.1. The summed E-state index contributed by atoms with van der Waals surface area (Å²) in [5.74, 6) is -2.19. The number of halogens is 3. The van der Waals surface area contributed by atoms with Crippen molar-refractivity contribution in [1.82, 2.24) is 4.90 Å². The molecule has 1 N–H and O–H groups in total. The lowest BCUT2D eigenvalue weighted by molar-refractivity contribution is -0.185. The second kappa shape index (κ2) is 10.0. The predicted octanol–water partition coefficient (Wildman–Crippen LogP) is 4.92. The van der Waals surface area contributed by atoms with Crippen molar-refractivity contribution in [3.8, 4) is 11.1 Å². The third kappa shape index (κ3) is 5.24. The number of piperazine rings is 1. The van der Waals surface area contributed by atoms with Gasteiger partial charge in [0.25, 0.3) is 5.91 Å². The van der Waals surface area contributed by atoms with E-state index in [-0.39, 0.29) is 32.1 Å². The monoisotopic (exact) mass is 521 g/mol. The lowest BCUT2D eigenvalue weighted by Gasteiger charge is -2.36. The molecule has 0 aliphatic carbocycles. The average Bonchev–Trinajstić information content (AvgIpc) is 2.92. The van der Waals surface area contributed by atoms with Crippen LogP contribution in [0.1, 0.15) is 10.4 Å². The average molecular weight is 521 g/mol. The van der Waals surface area contributed by atoms with Gasteiger partial charge >= 0.3 is 17.7 Å². The highest BCUT2D eigenvalue weighted by atomic mass is 19.4. The van der Waals surface area contributed by atoms with Crippen molar-refractivity contribution in [2.45, 2.75) is 6.18 Å². The summed E-state index contributed by atoms with van der Waals surface area (Å²) in [5.41, 5.74) is 2.53. The Morgan fingerprint density at radius 3 is 2.26 bits per heavy atom. The van der Waals surface area contributed by atoms with Crippen LogP contribution in [0.25, 0.3) is 22.1 Å². The second-order valence-corrected chi connectivity index (χ2v) is 8.84. The summed E-state index contributed by atoms with van der Waals surface area (Å²) < 4.78 is 43.4. The van der Waals surface area contributed by atoms with Crippen molar-refractivity contribution in [3.63, 3.8) is 0 Å². The molecule has 0 bridgehead atoms. The van der Waals surface area contributed by atoms with Gasteiger partial charge in [0.1, 0.15) is 5.58 Å². The van der Waals surface area contributed by atoms with E-state index in [4.69, 9.17) is 4.42 Å². The van der Waals surface area contributed by atoms with Crippen LogP contribution in [0, 0.1) is 0 Å². The van der Waals surface area contributed by atoms with Gasteiger partial charge in [0, 0.05) is 48.5 Å². The number of rotatable bonds is 4. The molecule has 2 heterocycles. The lowest BCUT2D eigenvalue weighted by Crippen LogP contribution is -2.52. The molecule has 5 rings (SSSR count). The number of benzene rings is 3. The Bertz CT molecular complexity index is 1560. The summed E-state index contributed by atoms with van der Waals surface area (Å²) >= 11 is 0. The maximum Gasteiger partial charge on any atom is 0.471 e. The maximum absolute atomic E-state index is 12.9. The molecule has 1 aliphatic rings. The zero-order valence-corrected chi connectivity index (χ0v) is 20.0. The fourth-order valence-electron chi connectivity index (χ4n) is 4.40. The summed E-state index contributed by atoms with van der Waals surface area (Å²) in [4.78, 5) is 39.5. The Morgan fingerprint density at radius 2 is 1.55 bits per heavy atom. The highest BCUT2D eigenvalue weighted by Crippen LogP contribution is 2.25. The molecule has 0 saturated carbocycles. The van der Waals surface area contributed by atoms with Gasteiger partial charge in [-0.1, -0.05) is 30.3 Å². The molecule has 7 nitrogen and oxygen atoms in total. The van der Waals surface area contributed by atoms with Gasteiger partial charge in [-0.3, -0.25) is 9.59 Å². The van der Waals surface area contributed by atoms with Crippen molar-refractivity contribution < 1.29 is 27.2 Å². The SMILES string of the molecule is O=C(Nc1ccc(N2CCN(C(=O)C(F)(F)F)CC2)cc1)c1cccc(-c2cc3ccccc3oc2=O)c1. The molecule has 10 heteroatoms. The maximum atomic E-state index is 12.9. The van der Waals surface area contributed by atoms with E-state index in [0.29, 0.717) is 28.0 Å². The normalized spacial score (nSPS) is 14.0. The molecular weight excluding hydrogens is 499 g/mol. The quantitative estimate of drug-likeness (QED) is 0.386. The van der Waals surface area contributed by atoms with Crippen molar-refractivity contribution in [2.24, 2.45) is 0 Å². The molecule has 1 fully saturated rings. The topological polar surface area (TPSA) is 82.9 Å². The molecule has 194 valence electrons. The van der Waals surface area contributed by atoms with E-state index in [1.165, 1.54) is 0 Å². The third-order valence-corrected chi connectivity index (χ3v) is 6.38. The Kier molecular flexibility index (Phi) is 6.62. The number of carbonyl (C=O) groups is 2. The molecule has 4 aromatic rings. The minimum absolute atomic E-state index is 0.0251. The van der Waals surface area contributed by atoms with Crippen LogP contribution in [-0.4, -0.2) is 49.1 Å². The van der Waals surface area contributed by atoms with Crippen LogP contribution in [0.3, 0.4) is 0 Å². The zero-order chi connectivity index (χ0) is 26.9. The van der Waals surface area contributed by atoms with Gasteiger partial charge in [-0.15, -0.1) is 0 Å². The summed E-state index contributed by atoms with van der Waals surface area (Å²) in [6.45, 7) is 0.484. The third-order valence-electron chi connectivity index (χ3n) is 6.38. The van der Waals surface area contributed by atoms with E-state index in [2.05, 4.69) is 5.32 Å². The number of carbonyl (C=O) groups excluding carboxylic acids is 2. The van der Waals surface area contributed by atoms with Gasteiger partial charge in [-0.2, -0.15) is 13.2 Å². The van der Waals surface area contributed by atoms with Crippen LogP contribution in [0.4, 0.5) is 24.5 Å². The molecule has 0 unspecified atom stereocenters. The summed E-state index contributed by atoms with van der Waals surface area (Å²) in [6.07, 6.45) is -4.87. The van der Waals surface area contributed by atoms with Gasteiger partial charge in [0.05, 0.1) is 5.56 Å². The number of para-hydroxylation sites is 1. The van der Waals surface area contributed by atoms with Crippen LogP contribution in [-0.2, 0) is 4.79 Å². The summed E-state index contributed by atoms with van der Waals surface area (Å²) in [5, 5.41) is 3.58. The second-order valence-electron chi connectivity index (χ2n) is 8.84. The first-order valence-corrected chi connectivity index (χ1v) is 11.8. The number of hydrogen-bond acceptors (Lipinski definition) is 5. The molecule has 38 heavy (non-hydrogen) atoms. The molecule has 0 atom stereocenters. The lowest BCUT2D eigenvalue weighted by atomic mass is 10.0. The Balaban J connectivity index is 1.25. The minimum Gasteiger partial charge on any atom is -0.422 e. The van der Waals surface area contributed by atoms with E-state index in [1.807, 2.05) is 17.0 Å². The van der Waals surface area contributed by atoms with Gasteiger partial charge in [-0.25, -0.2) is 4.79 Å². The van der Waals surface area contributed by atoms with E-state index in [9.17, 15) is 27.6 Å². The van der Waals surface area contributed by atoms with Crippen LogP contribution in [0.15, 0.2) is 88.1 Å². The Labute approximate surface area is 215 Å². The largest absolute Gasteiger partial charge is 0.471 e. The van der Waals surface area contributed by atoms with Gasteiger partial charge < -0.3 is 19.5 Å². The van der Waals surface area contributed by atoms with Crippen molar-refractivity contribution >= 4 is 34.2 Å². The predicted molar refractivity (Wildman–Crippen MR) is 137 cm³/mol. The molecule has 1 saturated heterocycles. The van der Waals surface area contributed by atoms with Crippen LogP contribution < -0.4 is 15.8 Å². The molecule has 1 aromatic heterocycles. The molecular formula is C28H22F3N3O4. The van der Waals surface area contributed by atoms with E-state index in [0.717, 1.165) is 16.0 Å². The minimum atomic E-state index is -4.87. The summed E-state index contributed by atoms with van der Waals surface area (Å²) in [7, 11) is 0. The molecule has 3 aromatic carbocycles. The first-order valence-electron chi connectivity index (χ1n) is 11.8. The van der Waals surface area contributed by atoms with Gasteiger partial charge in [0.2, 0.25) is 0 Å². The van der Waals surface area contributed by atoms with Crippen molar-refractivity contribution in [2.75, 3.05) is 36.4 Å². The number of nitrogens with one attached hydrogen (secondary N) is 1. The number of nitrogens with zero attached hydrogens (tertiary/aromatic N) is 2. The first-order chi connectivity index (χ1) is 18.2. The number of amides is 2. The number of hydrogen-bond donors (Lipinski definition) is 1. The van der Waals surface area contributed by atoms with E-state index >= 15 is 0 Å². The zero-order valence-electron chi connectivity index (χ0n) is 20.0. The fourth-order valence-corrected chi connectivity index (χ4v) is 4.40. The molecule has 0 spiro atoms. The fraction of sp³-hybridized carbons (Fsp3) is 0.179. The van der Waals surface area contributed by atoms with E-state index in [1.54, 1.807) is 66.7 Å². The Morgan fingerprint density at radius 1 is 0.842 bits per heavy atom. The molecule has 1 aliphatic heterocycles. The van der Waals surface area contributed by atoms with Crippen LogP contribution in [0.5, 0.6) is 0 Å². The smallest absolute Gasteiger partial charge is 0.422 e. The molecule has 0 radical (unpaired) electrons. The summed E-state index contributed by atoms with van der Waals surface area (Å²) in [6, 6.07) is 22.5. The van der Waals surface area contributed by atoms with Crippen LogP contribution >= 0.6 is 0 Å². The Hall–Kier alpha value is -4.60. The van der Waals surface area contributed by atoms with Gasteiger partial charge in [0.15, 0.2) is 0 Å². The number of fused-ring (bicyclic) bond motifs is 1.